The molecule has 2 aromatic heterocycles. The van der Waals surface area contributed by atoms with Crippen LogP contribution >= 0.6 is 0 Å². The first-order valence-electron chi connectivity index (χ1n) is 7.95. The van der Waals surface area contributed by atoms with Crippen molar-refractivity contribution < 1.29 is 9.32 Å². The van der Waals surface area contributed by atoms with Gasteiger partial charge < -0.3 is 9.84 Å². The number of anilines is 1. The van der Waals surface area contributed by atoms with Crippen LogP contribution in [0.5, 0.6) is 0 Å². The molecular weight excluding hydrogens is 280 g/mol. The van der Waals surface area contributed by atoms with Crippen molar-refractivity contribution >= 4 is 11.7 Å². The number of amides is 1. The molecule has 0 radical (unpaired) electrons. The smallest absolute Gasteiger partial charge is 0.230 e. The normalized spacial score (nSPS) is 14.3. The first-order valence-corrected chi connectivity index (χ1v) is 7.95. The number of aromatic amines is 1. The second-order valence-corrected chi connectivity index (χ2v) is 5.85. The number of nitrogens with zero attached hydrogens (tertiary/aromatic N) is 2. The van der Waals surface area contributed by atoms with Crippen LogP contribution in [-0.2, 0) is 24.1 Å². The van der Waals surface area contributed by atoms with E-state index in [4.69, 9.17) is 4.52 Å². The monoisotopic (exact) mass is 302 g/mol. The van der Waals surface area contributed by atoms with Crippen LogP contribution in [0.4, 0.5) is 5.82 Å². The summed E-state index contributed by atoms with van der Waals surface area (Å²) in [7, 11) is 0. The van der Waals surface area contributed by atoms with Crippen molar-refractivity contribution in [2.45, 2.75) is 58.8 Å². The van der Waals surface area contributed by atoms with Gasteiger partial charge in [0.05, 0.1) is 12.1 Å². The number of aryl methyl sites for hydroxylation is 2. The SMILES string of the molecule is CCc1noc(CC)c1CC(=O)Nc1n[nH]c(C2CC2)c1C. The standard InChI is InChI=1S/C16H22N4O2/c1-4-12-11(13(5-2)22-20-12)8-14(21)17-16-9(3)15(18-19-16)10-6-7-10/h10H,4-8H2,1-3H3,(H2,17,18,19,21). The molecular formula is C16H22N4O2. The van der Waals surface area contributed by atoms with Gasteiger partial charge in [-0.05, 0) is 26.2 Å². The molecule has 0 atom stereocenters. The van der Waals surface area contributed by atoms with E-state index in [-0.39, 0.29) is 12.3 Å². The molecule has 0 unspecified atom stereocenters. The molecule has 1 saturated carbocycles. The molecule has 2 N–H and O–H groups in total. The van der Waals surface area contributed by atoms with Crippen LogP contribution < -0.4 is 5.32 Å². The lowest BCUT2D eigenvalue weighted by atomic mass is 10.1. The molecule has 2 heterocycles. The lowest BCUT2D eigenvalue weighted by molar-refractivity contribution is -0.115. The Morgan fingerprint density at radius 3 is 2.77 bits per heavy atom. The van der Waals surface area contributed by atoms with Gasteiger partial charge in [-0.25, -0.2) is 0 Å². The Hall–Kier alpha value is -2.11. The Morgan fingerprint density at radius 2 is 2.14 bits per heavy atom. The third-order valence-electron chi connectivity index (χ3n) is 4.24. The van der Waals surface area contributed by atoms with Crippen molar-refractivity contribution in [2.75, 3.05) is 5.32 Å². The molecule has 6 heteroatoms. The summed E-state index contributed by atoms with van der Waals surface area (Å²) in [4.78, 5) is 12.3. The van der Waals surface area contributed by atoms with E-state index in [9.17, 15) is 4.79 Å². The Bertz CT molecular complexity index is 661. The zero-order valence-electron chi connectivity index (χ0n) is 13.3. The molecule has 0 spiro atoms. The largest absolute Gasteiger partial charge is 0.361 e. The summed E-state index contributed by atoms with van der Waals surface area (Å²) < 4.78 is 5.30. The van der Waals surface area contributed by atoms with E-state index in [1.54, 1.807) is 0 Å². The van der Waals surface area contributed by atoms with Crippen molar-refractivity contribution in [3.63, 3.8) is 0 Å². The third-order valence-corrected chi connectivity index (χ3v) is 4.24. The van der Waals surface area contributed by atoms with E-state index in [1.165, 1.54) is 12.8 Å². The molecule has 0 aliphatic heterocycles. The highest BCUT2D eigenvalue weighted by atomic mass is 16.5. The summed E-state index contributed by atoms with van der Waals surface area (Å²) in [5.74, 6) is 1.95. The Balaban J connectivity index is 1.71. The van der Waals surface area contributed by atoms with Crippen LogP contribution in [0.25, 0.3) is 0 Å². The fourth-order valence-electron chi connectivity index (χ4n) is 2.78. The van der Waals surface area contributed by atoms with Gasteiger partial charge >= 0.3 is 0 Å². The highest BCUT2D eigenvalue weighted by Gasteiger charge is 2.28. The zero-order valence-corrected chi connectivity index (χ0v) is 13.3. The van der Waals surface area contributed by atoms with Gasteiger partial charge in [0.25, 0.3) is 0 Å². The highest BCUT2D eigenvalue weighted by molar-refractivity contribution is 5.92. The molecule has 1 fully saturated rings. The summed E-state index contributed by atoms with van der Waals surface area (Å²) in [5, 5.41) is 14.2. The Labute approximate surface area is 129 Å². The van der Waals surface area contributed by atoms with Gasteiger partial charge in [0, 0.05) is 29.2 Å². The number of carbonyl (C=O) groups excluding carboxylic acids is 1. The first kappa shape index (κ1) is 14.8. The van der Waals surface area contributed by atoms with Gasteiger partial charge in [0.1, 0.15) is 5.76 Å². The highest BCUT2D eigenvalue weighted by Crippen LogP contribution is 2.41. The van der Waals surface area contributed by atoms with E-state index in [2.05, 4.69) is 20.7 Å². The predicted molar refractivity (Wildman–Crippen MR) is 82.9 cm³/mol. The van der Waals surface area contributed by atoms with E-state index in [0.717, 1.165) is 41.1 Å². The van der Waals surface area contributed by atoms with Crippen LogP contribution in [-0.4, -0.2) is 21.3 Å². The number of hydrogen-bond donors (Lipinski definition) is 2. The van der Waals surface area contributed by atoms with Crippen molar-refractivity contribution in [1.82, 2.24) is 15.4 Å². The van der Waals surface area contributed by atoms with Crippen molar-refractivity contribution in [3.8, 4) is 0 Å². The third kappa shape index (κ3) is 2.77. The van der Waals surface area contributed by atoms with Gasteiger partial charge in [0.15, 0.2) is 5.82 Å². The van der Waals surface area contributed by atoms with Gasteiger partial charge in [0.2, 0.25) is 5.91 Å². The van der Waals surface area contributed by atoms with E-state index >= 15 is 0 Å². The number of hydrogen-bond acceptors (Lipinski definition) is 4. The van der Waals surface area contributed by atoms with Gasteiger partial charge in [-0.1, -0.05) is 19.0 Å². The summed E-state index contributed by atoms with van der Waals surface area (Å²) in [6, 6.07) is 0. The molecule has 2 aromatic rings. The summed E-state index contributed by atoms with van der Waals surface area (Å²) >= 11 is 0. The minimum atomic E-state index is -0.0791. The fraction of sp³-hybridized carbons (Fsp3) is 0.562. The molecule has 118 valence electrons. The average Bonchev–Trinajstić information content (AvgIpc) is 3.18. The van der Waals surface area contributed by atoms with Gasteiger partial charge in [-0.15, -0.1) is 0 Å². The van der Waals surface area contributed by atoms with Crippen LogP contribution in [0.15, 0.2) is 4.52 Å². The number of nitrogens with one attached hydrogen (secondary N) is 2. The maximum atomic E-state index is 12.3. The van der Waals surface area contributed by atoms with Crippen molar-refractivity contribution in [3.05, 3.63) is 28.3 Å². The van der Waals surface area contributed by atoms with Gasteiger partial charge in [-0.3, -0.25) is 9.89 Å². The van der Waals surface area contributed by atoms with Crippen LogP contribution in [0.3, 0.4) is 0 Å². The van der Waals surface area contributed by atoms with Crippen LogP contribution in [0.2, 0.25) is 0 Å². The van der Waals surface area contributed by atoms with Crippen molar-refractivity contribution in [2.24, 2.45) is 0 Å². The maximum absolute atomic E-state index is 12.3. The second kappa shape index (κ2) is 5.94. The van der Waals surface area contributed by atoms with Crippen molar-refractivity contribution in [1.29, 1.82) is 0 Å². The number of rotatable bonds is 6. The molecule has 1 aliphatic rings. The van der Waals surface area contributed by atoms with Crippen LogP contribution in [0, 0.1) is 6.92 Å². The second-order valence-electron chi connectivity index (χ2n) is 5.85. The molecule has 1 aliphatic carbocycles. The maximum Gasteiger partial charge on any atom is 0.230 e. The Morgan fingerprint density at radius 1 is 1.36 bits per heavy atom. The van der Waals surface area contributed by atoms with E-state index < -0.39 is 0 Å². The molecule has 0 aromatic carbocycles. The molecule has 0 bridgehead atoms. The summed E-state index contributed by atoms with van der Waals surface area (Å²) in [6.07, 6.45) is 4.19. The molecule has 6 nitrogen and oxygen atoms in total. The summed E-state index contributed by atoms with van der Waals surface area (Å²) in [5.41, 5.74) is 3.99. The molecule has 0 saturated heterocycles. The lowest BCUT2D eigenvalue weighted by Gasteiger charge is -2.04. The van der Waals surface area contributed by atoms with Gasteiger partial charge in [-0.2, -0.15) is 5.10 Å². The quantitative estimate of drug-likeness (QED) is 0.859. The zero-order chi connectivity index (χ0) is 15.7. The number of H-pyrrole nitrogens is 1. The fourth-order valence-corrected chi connectivity index (χ4v) is 2.78. The van der Waals surface area contributed by atoms with Crippen LogP contribution in [0.1, 0.15) is 60.9 Å². The topological polar surface area (TPSA) is 83.8 Å². The minimum Gasteiger partial charge on any atom is -0.361 e. The molecule has 22 heavy (non-hydrogen) atoms. The first-order chi connectivity index (χ1) is 10.6. The minimum absolute atomic E-state index is 0.0791. The molecule has 3 rings (SSSR count). The number of aromatic nitrogens is 3. The Kier molecular flexibility index (Phi) is 4.00. The predicted octanol–water partition coefficient (Wildman–Crippen LogP) is 2.89. The number of carbonyl (C=O) groups is 1. The van der Waals surface area contributed by atoms with E-state index in [0.29, 0.717) is 11.7 Å². The summed E-state index contributed by atoms with van der Waals surface area (Å²) in [6.45, 7) is 6.01. The average molecular weight is 302 g/mol. The molecule has 1 amide bonds. The lowest BCUT2D eigenvalue weighted by Crippen LogP contribution is -2.16. The van der Waals surface area contributed by atoms with E-state index in [1.807, 2.05) is 20.8 Å².